The van der Waals surface area contributed by atoms with E-state index in [1.165, 1.54) is 0 Å². The summed E-state index contributed by atoms with van der Waals surface area (Å²) in [5.74, 6) is 0.688. The highest BCUT2D eigenvalue weighted by Gasteiger charge is 2.27. The number of nitrogens with zero attached hydrogens (tertiary/aromatic N) is 2. The fraction of sp³-hybridized carbons (Fsp3) is 0.261. The number of amides is 1. The second-order valence-corrected chi connectivity index (χ2v) is 7.73. The number of halogens is 1. The molecular formula is C23H21ClN2O3. The average Bonchev–Trinajstić information content (AvgIpc) is 3.16. The molecule has 29 heavy (non-hydrogen) atoms. The van der Waals surface area contributed by atoms with Crippen LogP contribution in [0, 0.1) is 6.92 Å². The maximum absolute atomic E-state index is 12.6. The Labute approximate surface area is 174 Å². The van der Waals surface area contributed by atoms with Crippen LogP contribution < -0.4 is 0 Å². The van der Waals surface area contributed by atoms with Gasteiger partial charge in [0.05, 0.1) is 6.54 Å². The van der Waals surface area contributed by atoms with Crippen molar-refractivity contribution in [2.24, 2.45) is 0 Å². The van der Waals surface area contributed by atoms with E-state index in [1.54, 1.807) is 4.90 Å². The normalized spacial score (nSPS) is 13.2. The molecule has 0 aliphatic carbocycles. The van der Waals surface area contributed by atoms with Crippen molar-refractivity contribution < 1.29 is 14.1 Å². The summed E-state index contributed by atoms with van der Waals surface area (Å²) in [4.78, 5) is 26.7. The van der Waals surface area contributed by atoms with Crippen LogP contribution in [0.4, 0.5) is 0 Å². The summed E-state index contributed by atoms with van der Waals surface area (Å²) in [6.07, 6.45) is 1.08. The smallest absolute Gasteiger partial charge is 0.223 e. The highest BCUT2D eigenvalue weighted by molar-refractivity contribution is 6.30. The number of fused-ring (bicyclic) bond motifs is 1. The summed E-state index contributed by atoms with van der Waals surface area (Å²) in [5.41, 5.74) is 4.49. The number of benzene rings is 2. The van der Waals surface area contributed by atoms with Gasteiger partial charge < -0.3 is 9.42 Å². The maximum Gasteiger partial charge on any atom is 0.223 e. The molecule has 0 saturated carbocycles. The molecule has 1 aromatic heterocycles. The monoisotopic (exact) mass is 408 g/mol. The van der Waals surface area contributed by atoms with Gasteiger partial charge in [0.15, 0.2) is 11.5 Å². The van der Waals surface area contributed by atoms with Crippen LogP contribution in [-0.4, -0.2) is 28.3 Å². The first-order chi connectivity index (χ1) is 14.0. The van der Waals surface area contributed by atoms with E-state index < -0.39 is 0 Å². The molecule has 0 spiro atoms. The summed E-state index contributed by atoms with van der Waals surface area (Å²) in [7, 11) is 0. The zero-order chi connectivity index (χ0) is 20.4. The first kappa shape index (κ1) is 19.4. The quantitative estimate of drug-likeness (QED) is 0.566. The third-order valence-electron chi connectivity index (χ3n) is 5.24. The molecule has 0 bridgehead atoms. The molecule has 0 N–H and O–H groups in total. The Morgan fingerprint density at radius 1 is 1.07 bits per heavy atom. The number of carbonyl (C=O) groups excluding carboxylic acids is 2. The SMILES string of the molecule is Cc1ccc(C(=O)CCC(=O)N2CCc3c(noc3-c3ccc(Cl)cc3)C2)cc1. The van der Waals surface area contributed by atoms with E-state index in [-0.39, 0.29) is 24.5 Å². The van der Waals surface area contributed by atoms with E-state index >= 15 is 0 Å². The van der Waals surface area contributed by atoms with Gasteiger partial charge in [-0.15, -0.1) is 0 Å². The second-order valence-electron chi connectivity index (χ2n) is 7.30. The molecule has 3 aromatic rings. The Morgan fingerprint density at radius 2 is 1.79 bits per heavy atom. The van der Waals surface area contributed by atoms with Crippen LogP contribution in [0.5, 0.6) is 0 Å². The van der Waals surface area contributed by atoms with Gasteiger partial charge in [0.2, 0.25) is 5.91 Å². The summed E-state index contributed by atoms with van der Waals surface area (Å²) in [5, 5.41) is 4.84. The summed E-state index contributed by atoms with van der Waals surface area (Å²) in [6, 6.07) is 14.9. The predicted octanol–water partition coefficient (Wildman–Crippen LogP) is 4.85. The average molecular weight is 409 g/mol. The summed E-state index contributed by atoms with van der Waals surface area (Å²) >= 11 is 5.95. The van der Waals surface area contributed by atoms with Crippen LogP contribution in [0.1, 0.15) is 40.0 Å². The third-order valence-corrected chi connectivity index (χ3v) is 5.49. The molecule has 1 amide bonds. The van der Waals surface area contributed by atoms with E-state index in [0.717, 1.165) is 28.1 Å². The highest BCUT2D eigenvalue weighted by atomic mass is 35.5. The van der Waals surface area contributed by atoms with Crippen molar-refractivity contribution >= 4 is 23.3 Å². The standard InChI is InChI=1S/C23H21ClN2O3/c1-15-2-4-16(5-3-15)21(27)10-11-22(28)26-13-12-19-20(14-26)25-29-23(19)17-6-8-18(24)9-7-17/h2-9H,10-14H2,1H3. The van der Waals surface area contributed by atoms with Gasteiger partial charge in [-0.3, -0.25) is 9.59 Å². The molecule has 0 radical (unpaired) electrons. The lowest BCUT2D eigenvalue weighted by atomic mass is 10.00. The Bertz CT molecular complexity index is 1040. The molecular weight excluding hydrogens is 388 g/mol. The minimum absolute atomic E-state index is 0.0116. The number of aryl methyl sites for hydroxylation is 1. The number of carbonyl (C=O) groups is 2. The van der Waals surface area contributed by atoms with Crippen LogP contribution in [0.2, 0.25) is 5.02 Å². The van der Waals surface area contributed by atoms with Gasteiger partial charge in [0.25, 0.3) is 0 Å². The van der Waals surface area contributed by atoms with Crippen molar-refractivity contribution in [3.63, 3.8) is 0 Å². The molecule has 4 rings (SSSR count). The molecule has 148 valence electrons. The number of hydrogen-bond acceptors (Lipinski definition) is 4. The third kappa shape index (κ3) is 4.25. The molecule has 5 nitrogen and oxygen atoms in total. The zero-order valence-electron chi connectivity index (χ0n) is 16.2. The predicted molar refractivity (Wildman–Crippen MR) is 111 cm³/mol. The molecule has 0 saturated heterocycles. The molecule has 6 heteroatoms. The van der Waals surface area contributed by atoms with Crippen LogP contribution >= 0.6 is 11.6 Å². The van der Waals surface area contributed by atoms with Gasteiger partial charge in [-0.05, 0) is 37.6 Å². The van der Waals surface area contributed by atoms with Crippen molar-refractivity contribution in [2.75, 3.05) is 6.54 Å². The lowest BCUT2D eigenvalue weighted by Gasteiger charge is -2.26. The van der Waals surface area contributed by atoms with E-state index in [1.807, 2.05) is 55.5 Å². The van der Waals surface area contributed by atoms with Gasteiger partial charge in [-0.2, -0.15) is 0 Å². The van der Waals surface area contributed by atoms with E-state index in [0.29, 0.717) is 30.1 Å². The molecule has 0 atom stereocenters. The first-order valence-corrected chi connectivity index (χ1v) is 10.00. The molecule has 0 unspecified atom stereocenters. The number of ketones is 1. The van der Waals surface area contributed by atoms with Crippen LogP contribution in [0.25, 0.3) is 11.3 Å². The van der Waals surface area contributed by atoms with Crippen molar-refractivity contribution in [3.8, 4) is 11.3 Å². The van der Waals surface area contributed by atoms with Gasteiger partial charge in [-0.25, -0.2) is 0 Å². The minimum Gasteiger partial charge on any atom is -0.356 e. The van der Waals surface area contributed by atoms with Gasteiger partial charge in [0, 0.05) is 41.1 Å². The lowest BCUT2D eigenvalue weighted by molar-refractivity contribution is -0.132. The Morgan fingerprint density at radius 3 is 2.52 bits per heavy atom. The van der Waals surface area contributed by atoms with Gasteiger partial charge in [0.1, 0.15) is 5.69 Å². The first-order valence-electron chi connectivity index (χ1n) is 9.62. The Hall–Kier alpha value is -2.92. The van der Waals surface area contributed by atoms with Crippen molar-refractivity contribution in [3.05, 3.63) is 75.9 Å². The second kappa shape index (κ2) is 8.21. The van der Waals surface area contributed by atoms with Gasteiger partial charge >= 0.3 is 0 Å². The van der Waals surface area contributed by atoms with Gasteiger partial charge in [-0.1, -0.05) is 46.6 Å². The molecule has 2 heterocycles. The van der Waals surface area contributed by atoms with Crippen molar-refractivity contribution in [1.29, 1.82) is 0 Å². The fourth-order valence-electron chi connectivity index (χ4n) is 3.53. The fourth-order valence-corrected chi connectivity index (χ4v) is 3.66. The van der Waals surface area contributed by atoms with E-state index in [2.05, 4.69) is 5.16 Å². The van der Waals surface area contributed by atoms with Crippen molar-refractivity contribution in [2.45, 2.75) is 32.7 Å². The van der Waals surface area contributed by atoms with E-state index in [4.69, 9.17) is 16.1 Å². The van der Waals surface area contributed by atoms with Crippen LogP contribution in [0.15, 0.2) is 53.1 Å². The number of hydrogen-bond donors (Lipinski definition) is 0. The maximum atomic E-state index is 12.6. The molecule has 1 aliphatic heterocycles. The summed E-state index contributed by atoms with van der Waals surface area (Å²) in [6.45, 7) is 2.97. The lowest BCUT2D eigenvalue weighted by Crippen LogP contribution is -2.36. The van der Waals surface area contributed by atoms with Crippen LogP contribution in [0.3, 0.4) is 0 Å². The molecule has 1 aliphatic rings. The van der Waals surface area contributed by atoms with Crippen molar-refractivity contribution in [1.82, 2.24) is 10.1 Å². The number of aromatic nitrogens is 1. The highest BCUT2D eigenvalue weighted by Crippen LogP contribution is 2.31. The Balaban J connectivity index is 1.38. The molecule has 0 fully saturated rings. The molecule has 2 aromatic carbocycles. The number of rotatable bonds is 5. The number of Topliss-reactive ketones (excluding diaryl/α,β-unsaturated/α-hetero) is 1. The zero-order valence-corrected chi connectivity index (χ0v) is 16.9. The largest absolute Gasteiger partial charge is 0.356 e. The summed E-state index contributed by atoms with van der Waals surface area (Å²) < 4.78 is 5.55. The van der Waals surface area contributed by atoms with Crippen LogP contribution in [-0.2, 0) is 17.8 Å². The van der Waals surface area contributed by atoms with E-state index in [9.17, 15) is 9.59 Å². The topological polar surface area (TPSA) is 63.4 Å². The minimum atomic E-state index is -0.0350. The Kier molecular flexibility index (Phi) is 5.49.